The van der Waals surface area contributed by atoms with Gasteiger partial charge in [0.1, 0.15) is 0 Å². The van der Waals surface area contributed by atoms with E-state index in [1.165, 1.54) is 0 Å². The van der Waals surface area contributed by atoms with E-state index in [1.807, 2.05) is 6.92 Å². The lowest BCUT2D eigenvalue weighted by molar-refractivity contribution is -0.00819. The Hall–Kier alpha value is -0.0800. The minimum absolute atomic E-state index is 0.0326. The number of methoxy groups -OCH3 is 1. The molecular formula is C8H18O2. The number of rotatable bonds is 5. The van der Waals surface area contributed by atoms with Crippen LogP contribution in [-0.2, 0) is 9.47 Å². The minimum atomic E-state index is -0.0326. The average molecular weight is 146 g/mol. The molecule has 62 valence electrons. The highest BCUT2D eigenvalue weighted by molar-refractivity contribution is 4.66. The lowest BCUT2D eigenvalue weighted by Crippen LogP contribution is -2.24. The molecular weight excluding hydrogens is 128 g/mol. The molecule has 0 fully saturated rings. The highest BCUT2D eigenvalue weighted by atomic mass is 16.5. The maximum absolute atomic E-state index is 5.20. The van der Waals surface area contributed by atoms with Gasteiger partial charge in [0.25, 0.3) is 0 Å². The number of hydrogen-bond donors (Lipinski definition) is 0. The summed E-state index contributed by atoms with van der Waals surface area (Å²) in [6, 6.07) is 0. The highest BCUT2D eigenvalue weighted by Crippen LogP contribution is 2.11. The molecule has 0 aliphatic rings. The summed E-state index contributed by atoms with van der Waals surface area (Å²) in [5, 5.41) is 0. The van der Waals surface area contributed by atoms with Gasteiger partial charge >= 0.3 is 0 Å². The first-order valence-corrected chi connectivity index (χ1v) is 3.75. The lowest BCUT2D eigenvalue weighted by Gasteiger charge is -2.22. The molecule has 2 nitrogen and oxygen atoms in total. The highest BCUT2D eigenvalue weighted by Gasteiger charge is 2.14. The van der Waals surface area contributed by atoms with E-state index in [1.54, 1.807) is 7.11 Å². The van der Waals surface area contributed by atoms with Crippen LogP contribution in [0.25, 0.3) is 0 Å². The summed E-state index contributed by atoms with van der Waals surface area (Å²) < 4.78 is 10.4. The molecule has 0 spiro atoms. The molecule has 0 radical (unpaired) electrons. The molecule has 0 aliphatic heterocycles. The Bertz CT molecular complexity index is 79.3. The monoisotopic (exact) mass is 146 g/mol. The Morgan fingerprint density at radius 2 is 1.90 bits per heavy atom. The van der Waals surface area contributed by atoms with E-state index < -0.39 is 0 Å². The van der Waals surface area contributed by atoms with Crippen molar-refractivity contribution < 1.29 is 9.47 Å². The molecule has 10 heavy (non-hydrogen) atoms. The van der Waals surface area contributed by atoms with Gasteiger partial charge in [0, 0.05) is 20.3 Å². The molecule has 0 amide bonds. The van der Waals surface area contributed by atoms with Gasteiger partial charge in [0.15, 0.2) is 0 Å². The van der Waals surface area contributed by atoms with Crippen LogP contribution in [0.3, 0.4) is 0 Å². The van der Waals surface area contributed by atoms with Gasteiger partial charge < -0.3 is 9.47 Å². The van der Waals surface area contributed by atoms with Gasteiger partial charge in [-0.05, 0) is 27.2 Å². The standard InChI is InChI=1S/C8H18O2/c1-5-10-7-6-8(2,3)9-4/h5-7H2,1-4H3. The van der Waals surface area contributed by atoms with Gasteiger partial charge in [-0.2, -0.15) is 0 Å². The van der Waals surface area contributed by atoms with Gasteiger partial charge in [0.05, 0.1) is 5.60 Å². The molecule has 2 heteroatoms. The fourth-order valence-corrected chi connectivity index (χ4v) is 0.564. The maximum atomic E-state index is 5.20. The molecule has 0 bridgehead atoms. The predicted molar refractivity (Wildman–Crippen MR) is 42.2 cm³/mol. The van der Waals surface area contributed by atoms with Crippen molar-refractivity contribution in [1.82, 2.24) is 0 Å². The number of hydrogen-bond acceptors (Lipinski definition) is 2. The van der Waals surface area contributed by atoms with Crippen LogP contribution in [0.4, 0.5) is 0 Å². The predicted octanol–water partition coefficient (Wildman–Crippen LogP) is 1.84. The van der Waals surface area contributed by atoms with Crippen LogP contribution in [-0.4, -0.2) is 25.9 Å². The normalized spacial score (nSPS) is 12.0. The third kappa shape index (κ3) is 4.77. The molecule has 0 rings (SSSR count). The van der Waals surface area contributed by atoms with E-state index in [0.717, 1.165) is 19.6 Å². The molecule has 0 saturated carbocycles. The zero-order valence-electron chi connectivity index (χ0n) is 7.44. The second-order valence-corrected chi connectivity index (χ2v) is 2.91. The zero-order chi connectivity index (χ0) is 8.04. The van der Waals surface area contributed by atoms with Gasteiger partial charge in [-0.25, -0.2) is 0 Å². The van der Waals surface area contributed by atoms with E-state index in [9.17, 15) is 0 Å². The van der Waals surface area contributed by atoms with Crippen molar-refractivity contribution in [2.24, 2.45) is 0 Å². The van der Waals surface area contributed by atoms with E-state index in [4.69, 9.17) is 9.47 Å². The summed E-state index contributed by atoms with van der Waals surface area (Å²) in [7, 11) is 1.73. The molecule has 0 atom stereocenters. The van der Waals surface area contributed by atoms with E-state index in [-0.39, 0.29) is 5.60 Å². The molecule has 0 aliphatic carbocycles. The van der Waals surface area contributed by atoms with E-state index in [2.05, 4.69) is 13.8 Å². The topological polar surface area (TPSA) is 18.5 Å². The summed E-state index contributed by atoms with van der Waals surface area (Å²) in [6.07, 6.45) is 0.956. The second kappa shape index (κ2) is 4.69. The molecule has 0 aromatic rings. The molecule has 0 aromatic heterocycles. The largest absolute Gasteiger partial charge is 0.382 e. The van der Waals surface area contributed by atoms with Gasteiger partial charge in [-0.3, -0.25) is 0 Å². The average Bonchev–Trinajstić information content (AvgIpc) is 1.89. The molecule has 0 heterocycles. The first-order valence-electron chi connectivity index (χ1n) is 3.75. The van der Waals surface area contributed by atoms with Gasteiger partial charge in [0.2, 0.25) is 0 Å². The maximum Gasteiger partial charge on any atom is 0.0644 e. The zero-order valence-corrected chi connectivity index (χ0v) is 7.44. The van der Waals surface area contributed by atoms with Crippen LogP contribution < -0.4 is 0 Å². The summed E-state index contributed by atoms with van der Waals surface area (Å²) in [6.45, 7) is 7.70. The smallest absolute Gasteiger partial charge is 0.0644 e. The van der Waals surface area contributed by atoms with Crippen LogP contribution in [0.2, 0.25) is 0 Å². The van der Waals surface area contributed by atoms with Crippen molar-refractivity contribution in [2.75, 3.05) is 20.3 Å². The van der Waals surface area contributed by atoms with Gasteiger partial charge in [-0.15, -0.1) is 0 Å². The molecule has 0 saturated heterocycles. The third-order valence-electron chi connectivity index (χ3n) is 1.61. The SMILES string of the molecule is CCOCCC(C)(C)OC. The van der Waals surface area contributed by atoms with E-state index in [0.29, 0.717) is 0 Å². The third-order valence-corrected chi connectivity index (χ3v) is 1.61. The Morgan fingerprint density at radius 3 is 2.30 bits per heavy atom. The fraction of sp³-hybridized carbons (Fsp3) is 1.00. The van der Waals surface area contributed by atoms with Crippen molar-refractivity contribution in [3.8, 4) is 0 Å². The van der Waals surface area contributed by atoms with E-state index >= 15 is 0 Å². The summed E-state index contributed by atoms with van der Waals surface area (Å²) in [5.41, 5.74) is -0.0326. The minimum Gasteiger partial charge on any atom is -0.382 e. The Kier molecular flexibility index (Phi) is 4.65. The van der Waals surface area contributed by atoms with Crippen LogP contribution in [0.5, 0.6) is 0 Å². The molecule has 0 unspecified atom stereocenters. The first-order chi connectivity index (χ1) is 4.62. The first kappa shape index (κ1) is 9.92. The quantitative estimate of drug-likeness (QED) is 0.551. The second-order valence-electron chi connectivity index (χ2n) is 2.91. The van der Waals surface area contributed by atoms with Crippen molar-refractivity contribution in [2.45, 2.75) is 32.8 Å². The summed E-state index contributed by atoms with van der Waals surface area (Å²) >= 11 is 0. The van der Waals surface area contributed by atoms with Gasteiger partial charge in [-0.1, -0.05) is 0 Å². The lowest BCUT2D eigenvalue weighted by atomic mass is 10.1. The molecule has 0 aromatic carbocycles. The van der Waals surface area contributed by atoms with Crippen molar-refractivity contribution in [1.29, 1.82) is 0 Å². The number of ether oxygens (including phenoxy) is 2. The van der Waals surface area contributed by atoms with Crippen LogP contribution >= 0.6 is 0 Å². The summed E-state index contributed by atoms with van der Waals surface area (Å²) in [4.78, 5) is 0. The van der Waals surface area contributed by atoms with Crippen LogP contribution in [0.1, 0.15) is 27.2 Å². The Labute approximate surface area is 63.5 Å². The van der Waals surface area contributed by atoms with Crippen LogP contribution in [0, 0.1) is 0 Å². The van der Waals surface area contributed by atoms with Crippen molar-refractivity contribution in [3.05, 3.63) is 0 Å². The Morgan fingerprint density at radius 1 is 1.30 bits per heavy atom. The van der Waals surface area contributed by atoms with Crippen molar-refractivity contribution in [3.63, 3.8) is 0 Å². The van der Waals surface area contributed by atoms with Crippen molar-refractivity contribution >= 4 is 0 Å². The molecule has 0 N–H and O–H groups in total. The summed E-state index contributed by atoms with van der Waals surface area (Å²) in [5.74, 6) is 0. The Balaban J connectivity index is 3.28. The fourth-order valence-electron chi connectivity index (χ4n) is 0.564. The van der Waals surface area contributed by atoms with Crippen LogP contribution in [0.15, 0.2) is 0 Å².